The van der Waals surface area contributed by atoms with Crippen LogP contribution in [0.4, 0.5) is 0 Å². The second-order valence-electron chi connectivity index (χ2n) is 4.43. The van der Waals surface area contributed by atoms with Gasteiger partial charge in [-0.15, -0.1) is 0 Å². The maximum atomic E-state index is 12.1. The van der Waals surface area contributed by atoms with E-state index in [1.165, 1.54) is 0 Å². The normalized spacial score (nSPS) is 20.6. The van der Waals surface area contributed by atoms with Crippen LogP contribution in [0.5, 0.6) is 0 Å². The van der Waals surface area contributed by atoms with Gasteiger partial charge in [-0.1, -0.05) is 41.9 Å². The number of halogens is 1. The van der Waals surface area contributed by atoms with Crippen LogP contribution in [0.15, 0.2) is 53.4 Å². The Balaban J connectivity index is 2.20. The molecule has 0 aliphatic carbocycles. The highest BCUT2D eigenvalue weighted by Gasteiger charge is 2.35. The summed E-state index contributed by atoms with van der Waals surface area (Å²) in [5.74, 6) is 0.0251. The van der Waals surface area contributed by atoms with Gasteiger partial charge in [0.2, 0.25) is 0 Å². The summed E-state index contributed by atoms with van der Waals surface area (Å²) in [7, 11) is -3.18. The van der Waals surface area contributed by atoms with Gasteiger partial charge in [0.25, 0.3) is 0 Å². The zero-order valence-corrected chi connectivity index (χ0v) is 11.1. The fraction of sp³-hybridized carbons (Fsp3) is 0.143. The van der Waals surface area contributed by atoms with E-state index in [1.54, 1.807) is 18.2 Å². The molecule has 3 rings (SSSR count). The van der Waals surface area contributed by atoms with Crippen LogP contribution < -0.4 is 0 Å². The van der Waals surface area contributed by atoms with Gasteiger partial charge in [-0.25, -0.2) is 8.42 Å². The van der Waals surface area contributed by atoms with Crippen molar-refractivity contribution in [1.29, 1.82) is 0 Å². The molecule has 2 nitrogen and oxygen atoms in total. The topological polar surface area (TPSA) is 34.1 Å². The van der Waals surface area contributed by atoms with E-state index in [4.69, 9.17) is 11.6 Å². The summed E-state index contributed by atoms with van der Waals surface area (Å²) in [5, 5.41) is 0.576. The minimum Gasteiger partial charge on any atom is -0.224 e. The van der Waals surface area contributed by atoms with Crippen molar-refractivity contribution in [3.63, 3.8) is 0 Å². The molecular formula is C14H11ClO2S. The molecule has 92 valence electrons. The Morgan fingerprint density at radius 2 is 1.78 bits per heavy atom. The predicted molar refractivity (Wildman–Crippen MR) is 71.8 cm³/mol. The average molecular weight is 279 g/mol. The Labute approximate surface area is 111 Å². The Bertz CT molecular complexity index is 693. The summed E-state index contributed by atoms with van der Waals surface area (Å²) < 4.78 is 24.2. The molecule has 2 aromatic rings. The molecule has 1 aliphatic heterocycles. The monoisotopic (exact) mass is 278 g/mol. The van der Waals surface area contributed by atoms with Crippen molar-refractivity contribution in [1.82, 2.24) is 0 Å². The summed E-state index contributed by atoms with van der Waals surface area (Å²) in [4.78, 5) is 0.417. The van der Waals surface area contributed by atoms with Gasteiger partial charge in [0.1, 0.15) is 0 Å². The third-order valence-corrected chi connectivity index (χ3v) is 5.32. The first kappa shape index (κ1) is 11.8. The number of hydrogen-bond acceptors (Lipinski definition) is 2. The Kier molecular flexibility index (Phi) is 2.68. The van der Waals surface area contributed by atoms with Crippen LogP contribution in [0.25, 0.3) is 0 Å². The number of hydrogen-bond donors (Lipinski definition) is 0. The lowest BCUT2D eigenvalue weighted by molar-refractivity contribution is 0.599. The van der Waals surface area contributed by atoms with Crippen molar-refractivity contribution >= 4 is 21.4 Å². The Morgan fingerprint density at radius 1 is 1.06 bits per heavy atom. The molecular weight excluding hydrogens is 268 g/mol. The van der Waals surface area contributed by atoms with E-state index in [1.807, 2.05) is 30.3 Å². The van der Waals surface area contributed by atoms with E-state index in [-0.39, 0.29) is 11.7 Å². The van der Waals surface area contributed by atoms with E-state index < -0.39 is 9.84 Å². The molecule has 0 saturated carbocycles. The lowest BCUT2D eigenvalue weighted by Crippen LogP contribution is -2.04. The zero-order chi connectivity index (χ0) is 12.8. The quantitative estimate of drug-likeness (QED) is 0.802. The smallest absolute Gasteiger partial charge is 0.179 e. The van der Waals surface area contributed by atoms with Crippen molar-refractivity contribution in [2.45, 2.75) is 10.8 Å². The molecule has 0 fully saturated rings. The van der Waals surface area contributed by atoms with Gasteiger partial charge < -0.3 is 0 Å². The molecule has 0 aromatic heterocycles. The second kappa shape index (κ2) is 4.11. The van der Waals surface area contributed by atoms with Crippen molar-refractivity contribution in [3.8, 4) is 0 Å². The van der Waals surface area contributed by atoms with Gasteiger partial charge in [0.15, 0.2) is 9.84 Å². The largest absolute Gasteiger partial charge is 0.224 e. The molecule has 1 atom stereocenters. The third kappa shape index (κ3) is 1.84. The first-order chi connectivity index (χ1) is 8.58. The number of benzene rings is 2. The summed E-state index contributed by atoms with van der Waals surface area (Å²) in [6.07, 6.45) is 0. The first-order valence-corrected chi connectivity index (χ1v) is 7.68. The van der Waals surface area contributed by atoms with Crippen molar-refractivity contribution in [3.05, 3.63) is 64.7 Å². The van der Waals surface area contributed by atoms with Crippen LogP contribution in [-0.4, -0.2) is 14.2 Å². The highest BCUT2D eigenvalue weighted by Crippen LogP contribution is 2.40. The molecule has 0 N–H and O–H groups in total. The van der Waals surface area contributed by atoms with Crippen molar-refractivity contribution in [2.75, 3.05) is 5.75 Å². The molecule has 1 heterocycles. The first-order valence-electron chi connectivity index (χ1n) is 5.65. The van der Waals surface area contributed by atoms with Crippen LogP contribution in [0.3, 0.4) is 0 Å². The maximum absolute atomic E-state index is 12.1. The molecule has 4 heteroatoms. The fourth-order valence-corrected chi connectivity index (χ4v) is 4.44. The molecule has 0 saturated heterocycles. The molecule has 0 bridgehead atoms. The molecule has 2 aromatic carbocycles. The molecule has 18 heavy (non-hydrogen) atoms. The van der Waals surface area contributed by atoms with Crippen LogP contribution in [0, 0.1) is 0 Å². The highest BCUT2D eigenvalue weighted by atomic mass is 35.5. The summed E-state index contributed by atoms with van der Waals surface area (Å²) in [6.45, 7) is 0. The van der Waals surface area contributed by atoms with Gasteiger partial charge in [0, 0.05) is 10.9 Å². The lowest BCUT2D eigenvalue weighted by atomic mass is 9.93. The number of fused-ring (bicyclic) bond motifs is 1. The van der Waals surface area contributed by atoms with Crippen LogP contribution in [0.1, 0.15) is 17.0 Å². The molecule has 1 unspecified atom stereocenters. The molecule has 1 aliphatic rings. The summed E-state index contributed by atoms with van der Waals surface area (Å²) in [6, 6.07) is 14.7. The summed E-state index contributed by atoms with van der Waals surface area (Å²) >= 11 is 5.97. The second-order valence-corrected chi connectivity index (χ2v) is 6.87. The van der Waals surface area contributed by atoms with Gasteiger partial charge in [-0.3, -0.25) is 0 Å². The van der Waals surface area contributed by atoms with Crippen LogP contribution in [0.2, 0.25) is 5.02 Å². The lowest BCUT2D eigenvalue weighted by Gasteiger charge is -2.10. The van der Waals surface area contributed by atoms with Gasteiger partial charge in [-0.2, -0.15) is 0 Å². The van der Waals surface area contributed by atoms with Gasteiger partial charge >= 0.3 is 0 Å². The highest BCUT2D eigenvalue weighted by molar-refractivity contribution is 7.91. The van der Waals surface area contributed by atoms with Crippen molar-refractivity contribution < 1.29 is 8.42 Å². The summed E-state index contributed by atoms with van der Waals surface area (Å²) in [5.41, 5.74) is 1.83. The van der Waals surface area contributed by atoms with E-state index in [0.717, 1.165) is 11.1 Å². The fourth-order valence-electron chi connectivity index (χ4n) is 2.43. The zero-order valence-electron chi connectivity index (χ0n) is 9.51. The van der Waals surface area contributed by atoms with Crippen LogP contribution in [-0.2, 0) is 9.84 Å². The van der Waals surface area contributed by atoms with E-state index in [0.29, 0.717) is 9.92 Å². The minimum absolute atomic E-state index is 0.107. The van der Waals surface area contributed by atoms with Gasteiger partial charge in [-0.05, 0) is 29.3 Å². The molecule has 0 spiro atoms. The predicted octanol–water partition coefficient (Wildman–Crippen LogP) is 3.26. The van der Waals surface area contributed by atoms with E-state index >= 15 is 0 Å². The average Bonchev–Trinajstić information content (AvgIpc) is 2.62. The standard InChI is InChI=1S/C14H11ClO2S/c15-11-6-7-14-12(8-11)13(9-18(14,16)17)10-4-2-1-3-5-10/h1-8,13H,9H2. The number of rotatable bonds is 1. The Morgan fingerprint density at radius 3 is 2.50 bits per heavy atom. The van der Waals surface area contributed by atoms with Crippen LogP contribution >= 0.6 is 11.6 Å². The van der Waals surface area contributed by atoms with Gasteiger partial charge in [0.05, 0.1) is 10.6 Å². The SMILES string of the molecule is O=S1(=O)CC(c2ccccc2)c2cc(Cl)ccc21. The molecule has 0 radical (unpaired) electrons. The molecule has 0 amide bonds. The van der Waals surface area contributed by atoms with E-state index in [9.17, 15) is 8.42 Å². The van der Waals surface area contributed by atoms with Crippen molar-refractivity contribution in [2.24, 2.45) is 0 Å². The maximum Gasteiger partial charge on any atom is 0.179 e. The minimum atomic E-state index is -3.18. The Hall–Kier alpha value is -1.32. The third-order valence-electron chi connectivity index (χ3n) is 3.27. The number of sulfone groups is 1. The van der Waals surface area contributed by atoms with E-state index in [2.05, 4.69) is 0 Å².